The number of rotatable bonds is 2. The van der Waals surface area contributed by atoms with Crippen LogP contribution in [0, 0.1) is 6.07 Å². The largest absolute Gasteiger partial charge is 0 e. The first kappa shape index (κ1) is 14.6. The average molecular weight is 463 g/mol. The first-order valence-electron chi connectivity index (χ1n) is 5.51. The van der Waals surface area contributed by atoms with Gasteiger partial charge in [0, 0.05) is 20.1 Å². The maximum Gasteiger partial charge on any atom is 0 e. The van der Waals surface area contributed by atoms with E-state index in [1.165, 1.54) is 4.40 Å². The summed E-state index contributed by atoms with van der Waals surface area (Å²) in [7, 11) is 0. The molecular formula is C14H16GeIrN-. The molecule has 0 spiro atoms. The summed E-state index contributed by atoms with van der Waals surface area (Å²) in [6.45, 7) is 0. The molecule has 17 heavy (non-hydrogen) atoms. The fraction of sp³-hybridized carbons (Fsp3) is 0.214. The van der Waals surface area contributed by atoms with E-state index in [4.69, 9.17) is 0 Å². The zero-order valence-electron chi connectivity index (χ0n) is 10.3. The van der Waals surface area contributed by atoms with Gasteiger partial charge in [0.05, 0.1) is 0 Å². The number of hydrogen-bond acceptors (Lipinski definition) is 1. The summed E-state index contributed by atoms with van der Waals surface area (Å²) in [5.74, 6) is 7.14. The molecule has 0 aliphatic rings. The van der Waals surface area contributed by atoms with Crippen LogP contribution in [0.15, 0.2) is 42.6 Å². The second-order valence-corrected chi connectivity index (χ2v) is 15.6. The van der Waals surface area contributed by atoms with Gasteiger partial charge in [-0.2, -0.15) is 0 Å². The summed E-state index contributed by atoms with van der Waals surface area (Å²) in [6, 6.07) is 15.5. The van der Waals surface area contributed by atoms with Crippen molar-refractivity contribution in [2.75, 3.05) is 0 Å². The van der Waals surface area contributed by atoms with Gasteiger partial charge < -0.3 is 0 Å². The molecule has 0 amide bonds. The van der Waals surface area contributed by atoms with E-state index in [0.29, 0.717) is 0 Å². The zero-order valence-corrected chi connectivity index (χ0v) is 14.8. The quantitative estimate of drug-likeness (QED) is 0.493. The molecule has 0 saturated heterocycles. The summed E-state index contributed by atoms with van der Waals surface area (Å²) >= 11 is -1.72. The summed E-state index contributed by atoms with van der Waals surface area (Å²) in [5, 5.41) is 0. The normalized spacial score (nSPS) is 10.8. The van der Waals surface area contributed by atoms with E-state index in [1.807, 2.05) is 30.5 Å². The van der Waals surface area contributed by atoms with E-state index in [1.54, 1.807) is 0 Å². The van der Waals surface area contributed by atoms with E-state index < -0.39 is 13.3 Å². The third-order valence-electron chi connectivity index (χ3n) is 2.61. The Morgan fingerprint density at radius 3 is 2.29 bits per heavy atom. The summed E-state index contributed by atoms with van der Waals surface area (Å²) in [5.41, 5.74) is 2.08. The Balaban J connectivity index is 0.00000144. The van der Waals surface area contributed by atoms with E-state index in [2.05, 4.69) is 40.5 Å². The third-order valence-corrected chi connectivity index (χ3v) is 6.87. The van der Waals surface area contributed by atoms with Crippen molar-refractivity contribution >= 4 is 17.7 Å². The molecule has 0 saturated carbocycles. The second-order valence-electron chi connectivity index (χ2n) is 4.96. The molecule has 2 rings (SSSR count). The van der Waals surface area contributed by atoms with Gasteiger partial charge in [0.25, 0.3) is 0 Å². The molecule has 0 atom stereocenters. The number of hydrogen-bond donors (Lipinski definition) is 0. The first-order valence-corrected chi connectivity index (χ1v) is 12.9. The molecule has 1 aromatic heterocycles. The Morgan fingerprint density at radius 2 is 1.82 bits per heavy atom. The minimum Gasteiger partial charge on any atom is 0 e. The van der Waals surface area contributed by atoms with Crippen LogP contribution in [0.1, 0.15) is 0 Å². The van der Waals surface area contributed by atoms with E-state index >= 15 is 0 Å². The number of pyridine rings is 1. The van der Waals surface area contributed by atoms with Crippen LogP contribution < -0.4 is 4.40 Å². The van der Waals surface area contributed by atoms with Gasteiger partial charge in [-0.15, -0.1) is 0 Å². The third kappa shape index (κ3) is 3.77. The molecular weight excluding hydrogens is 447 g/mol. The molecule has 0 aliphatic heterocycles. The molecule has 1 heterocycles. The van der Waals surface area contributed by atoms with Gasteiger partial charge in [-0.1, -0.05) is 0 Å². The summed E-state index contributed by atoms with van der Waals surface area (Å²) in [4.78, 5) is 4.53. The van der Waals surface area contributed by atoms with Crippen LogP contribution >= 0.6 is 0 Å². The van der Waals surface area contributed by atoms with Gasteiger partial charge in [0.15, 0.2) is 0 Å². The summed E-state index contributed by atoms with van der Waals surface area (Å²) in [6.07, 6.45) is 2.04. The van der Waals surface area contributed by atoms with Gasteiger partial charge in [-0.25, -0.2) is 0 Å². The average Bonchev–Trinajstić information content (AvgIpc) is 2.29. The Kier molecular flexibility index (Phi) is 5.11. The van der Waals surface area contributed by atoms with Crippen molar-refractivity contribution in [3.63, 3.8) is 0 Å². The van der Waals surface area contributed by atoms with Crippen LogP contribution in [0.4, 0.5) is 0 Å². The molecule has 2 aromatic rings. The maximum atomic E-state index is 4.53. The minimum atomic E-state index is -1.72. The van der Waals surface area contributed by atoms with Gasteiger partial charge in [0.2, 0.25) is 0 Å². The molecule has 3 heteroatoms. The number of benzene rings is 1. The topological polar surface area (TPSA) is 12.9 Å². The van der Waals surface area contributed by atoms with Crippen LogP contribution in [0.2, 0.25) is 17.3 Å². The van der Waals surface area contributed by atoms with Gasteiger partial charge in [-0.3, -0.25) is 0 Å². The molecule has 0 bridgehead atoms. The predicted molar refractivity (Wildman–Crippen MR) is 71.5 cm³/mol. The van der Waals surface area contributed by atoms with E-state index in [9.17, 15) is 0 Å². The fourth-order valence-corrected chi connectivity index (χ4v) is 3.72. The second kappa shape index (κ2) is 5.94. The van der Waals surface area contributed by atoms with Crippen molar-refractivity contribution in [3.05, 3.63) is 48.7 Å². The van der Waals surface area contributed by atoms with Crippen molar-refractivity contribution < 1.29 is 20.1 Å². The van der Waals surface area contributed by atoms with Gasteiger partial charge in [0.1, 0.15) is 0 Å². The standard InChI is InChI=1S/C14H16GeN.Ir/c1-15(2,3)13-9-10-14(16-11-13)12-7-5-4-6-8-12;/h4-7,9-11H,1-3H3;/q-1;. The van der Waals surface area contributed by atoms with Crippen LogP contribution in [-0.2, 0) is 20.1 Å². The predicted octanol–water partition coefficient (Wildman–Crippen LogP) is 3.09. The molecule has 0 N–H and O–H groups in total. The number of nitrogens with zero attached hydrogens (tertiary/aromatic N) is 1. The van der Waals surface area contributed by atoms with Crippen molar-refractivity contribution in [2.24, 2.45) is 0 Å². The van der Waals surface area contributed by atoms with E-state index in [0.717, 1.165) is 11.3 Å². The molecule has 1 aromatic carbocycles. The Bertz CT molecular complexity index is 460. The first-order chi connectivity index (χ1) is 7.57. The Morgan fingerprint density at radius 1 is 1.06 bits per heavy atom. The van der Waals surface area contributed by atoms with Crippen LogP contribution in [0.25, 0.3) is 11.3 Å². The zero-order chi connectivity index (χ0) is 11.6. The Hall–Kier alpha value is -0.438. The van der Waals surface area contributed by atoms with Gasteiger partial charge in [-0.05, 0) is 0 Å². The number of aromatic nitrogens is 1. The molecule has 0 fully saturated rings. The maximum absolute atomic E-state index is 4.53. The van der Waals surface area contributed by atoms with Gasteiger partial charge >= 0.3 is 99.8 Å². The minimum absolute atomic E-state index is 0. The van der Waals surface area contributed by atoms with Crippen molar-refractivity contribution in [1.82, 2.24) is 4.98 Å². The van der Waals surface area contributed by atoms with Crippen LogP contribution in [-0.4, -0.2) is 18.3 Å². The van der Waals surface area contributed by atoms with E-state index in [-0.39, 0.29) is 20.1 Å². The monoisotopic (exact) mass is 465 g/mol. The summed E-state index contributed by atoms with van der Waals surface area (Å²) < 4.78 is 1.44. The fourth-order valence-electron chi connectivity index (χ4n) is 1.55. The Labute approximate surface area is 119 Å². The molecule has 0 unspecified atom stereocenters. The van der Waals surface area contributed by atoms with Crippen LogP contribution in [0.5, 0.6) is 0 Å². The molecule has 1 radical (unpaired) electrons. The SMILES string of the molecule is [CH3][Ge]([CH3])([CH3])[c]1ccc(-c2[c-]cccc2)nc1.[Ir]. The van der Waals surface area contributed by atoms with Crippen molar-refractivity contribution in [3.8, 4) is 11.3 Å². The molecule has 91 valence electrons. The van der Waals surface area contributed by atoms with Crippen molar-refractivity contribution in [1.29, 1.82) is 0 Å². The smallest absolute Gasteiger partial charge is 0 e. The van der Waals surface area contributed by atoms with Crippen molar-refractivity contribution in [2.45, 2.75) is 17.3 Å². The molecule has 0 aliphatic carbocycles. The molecule has 1 nitrogen and oxygen atoms in total. The van der Waals surface area contributed by atoms with Crippen LogP contribution in [0.3, 0.4) is 0 Å².